The number of benzene rings is 1. The van der Waals surface area contributed by atoms with Crippen LogP contribution in [0.5, 0.6) is 5.75 Å². The Morgan fingerprint density at radius 1 is 1.33 bits per heavy atom. The lowest BCUT2D eigenvalue weighted by Crippen LogP contribution is -2.39. The summed E-state index contributed by atoms with van der Waals surface area (Å²) in [4.78, 5) is 0. The highest BCUT2D eigenvalue weighted by Crippen LogP contribution is 2.32. The van der Waals surface area contributed by atoms with E-state index in [4.69, 9.17) is 9.47 Å². The average Bonchev–Trinajstić information content (AvgIpc) is 2.38. The Kier molecular flexibility index (Phi) is 3.68. The van der Waals surface area contributed by atoms with Gasteiger partial charge in [-0.25, -0.2) is 0 Å². The minimum absolute atomic E-state index is 0.00799. The summed E-state index contributed by atoms with van der Waals surface area (Å²) in [5.41, 5.74) is 1.11. The van der Waals surface area contributed by atoms with Crippen LogP contribution in [0.25, 0.3) is 6.08 Å². The molecule has 1 aromatic rings. The number of rotatable bonds is 1. The van der Waals surface area contributed by atoms with Crippen molar-refractivity contribution < 1.29 is 9.47 Å². The second-order valence-electron chi connectivity index (χ2n) is 4.71. The molecule has 0 spiro atoms. The molecular formula is C14H15BrO2S. The van der Waals surface area contributed by atoms with Gasteiger partial charge in [0.25, 0.3) is 0 Å². The van der Waals surface area contributed by atoms with E-state index in [1.165, 1.54) is 0 Å². The molecule has 0 amide bonds. The van der Waals surface area contributed by atoms with Gasteiger partial charge >= 0.3 is 0 Å². The fourth-order valence-electron chi connectivity index (χ4n) is 2.38. The normalized spacial score (nSPS) is 30.7. The molecule has 0 aliphatic carbocycles. The molecule has 0 saturated carbocycles. The van der Waals surface area contributed by atoms with Gasteiger partial charge < -0.3 is 9.47 Å². The van der Waals surface area contributed by atoms with E-state index in [1.807, 2.05) is 12.1 Å². The lowest BCUT2D eigenvalue weighted by atomic mass is 10.0. The number of halogens is 1. The second-order valence-corrected chi connectivity index (χ2v) is 6.36. The van der Waals surface area contributed by atoms with Gasteiger partial charge in [0.05, 0.1) is 6.10 Å². The van der Waals surface area contributed by atoms with Crippen molar-refractivity contribution in [1.82, 2.24) is 0 Å². The maximum Gasteiger partial charge on any atom is 0.143 e. The number of ether oxygens (including phenoxy) is 2. The minimum Gasteiger partial charge on any atom is -0.483 e. The largest absolute Gasteiger partial charge is 0.483 e. The highest BCUT2D eigenvalue weighted by Gasteiger charge is 2.29. The Morgan fingerprint density at radius 3 is 3.06 bits per heavy atom. The van der Waals surface area contributed by atoms with E-state index in [9.17, 15) is 0 Å². The van der Waals surface area contributed by atoms with E-state index in [0.29, 0.717) is 5.25 Å². The molecule has 0 N–H and O–H groups in total. The van der Waals surface area contributed by atoms with Crippen LogP contribution >= 0.6 is 28.6 Å². The zero-order chi connectivity index (χ0) is 12.5. The fraction of sp³-hybridized carbons (Fsp3) is 0.429. The molecule has 18 heavy (non-hydrogen) atoms. The first kappa shape index (κ1) is 12.6. The van der Waals surface area contributed by atoms with E-state index in [0.717, 1.165) is 35.2 Å². The summed E-state index contributed by atoms with van der Waals surface area (Å²) in [5.74, 6) is 0.926. The first-order valence-electron chi connectivity index (χ1n) is 6.16. The highest BCUT2D eigenvalue weighted by atomic mass is 79.9. The predicted molar refractivity (Wildman–Crippen MR) is 79.3 cm³/mol. The Balaban J connectivity index is 1.77. The molecule has 2 aliphatic heterocycles. The first-order chi connectivity index (χ1) is 8.72. The zero-order valence-corrected chi connectivity index (χ0v) is 12.4. The zero-order valence-electron chi connectivity index (χ0n) is 9.88. The molecule has 1 aromatic carbocycles. The van der Waals surface area contributed by atoms with Gasteiger partial charge in [-0.1, -0.05) is 22.0 Å². The van der Waals surface area contributed by atoms with Gasteiger partial charge in [0, 0.05) is 21.9 Å². The minimum atomic E-state index is 0.00799. The van der Waals surface area contributed by atoms with Gasteiger partial charge in [0.2, 0.25) is 0 Å². The van der Waals surface area contributed by atoms with Crippen LogP contribution in [-0.4, -0.2) is 24.1 Å². The van der Waals surface area contributed by atoms with Crippen LogP contribution in [0.15, 0.2) is 28.7 Å². The van der Waals surface area contributed by atoms with E-state index in [1.54, 1.807) is 0 Å². The summed E-state index contributed by atoms with van der Waals surface area (Å²) in [6.45, 7) is 0.778. The summed E-state index contributed by atoms with van der Waals surface area (Å²) >= 11 is 8.01. The maximum atomic E-state index is 6.01. The van der Waals surface area contributed by atoms with Crippen molar-refractivity contribution in [3.63, 3.8) is 0 Å². The summed E-state index contributed by atoms with van der Waals surface area (Å²) in [7, 11) is 0. The SMILES string of the molecule is SC1CCOC(C2C=Cc3cc(Br)ccc3O2)C1. The number of thiol groups is 1. The van der Waals surface area contributed by atoms with E-state index in [-0.39, 0.29) is 12.2 Å². The Labute approximate surface area is 121 Å². The predicted octanol–water partition coefficient (Wildman–Crippen LogP) is 3.70. The molecule has 3 rings (SSSR count). The van der Waals surface area contributed by atoms with Gasteiger partial charge in [-0.05, 0) is 37.1 Å². The standard InChI is InChI=1S/C14H15BrO2S/c15-10-2-4-12-9(7-10)1-3-13(17-12)14-8-11(18)5-6-16-14/h1-4,7,11,13-14,18H,5-6,8H2. The molecule has 0 radical (unpaired) electrons. The van der Waals surface area contributed by atoms with Crippen molar-refractivity contribution in [3.05, 3.63) is 34.3 Å². The van der Waals surface area contributed by atoms with Gasteiger partial charge in [-0.2, -0.15) is 12.6 Å². The Bertz CT molecular complexity index is 475. The molecule has 2 aliphatic rings. The van der Waals surface area contributed by atoms with Crippen molar-refractivity contribution in [3.8, 4) is 5.75 Å². The molecule has 96 valence electrons. The molecule has 3 atom stereocenters. The smallest absolute Gasteiger partial charge is 0.143 e. The van der Waals surface area contributed by atoms with E-state index in [2.05, 4.69) is 46.8 Å². The number of fused-ring (bicyclic) bond motifs is 1. The first-order valence-corrected chi connectivity index (χ1v) is 7.47. The molecular weight excluding hydrogens is 312 g/mol. The van der Waals surface area contributed by atoms with Crippen LogP contribution in [-0.2, 0) is 4.74 Å². The Morgan fingerprint density at radius 2 is 2.22 bits per heavy atom. The van der Waals surface area contributed by atoms with Crippen LogP contribution in [0.4, 0.5) is 0 Å². The fourth-order valence-corrected chi connectivity index (χ4v) is 3.07. The molecule has 2 heterocycles. The highest BCUT2D eigenvalue weighted by molar-refractivity contribution is 9.10. The van der Waals surface area contributed by atoms with Crippen LogP contribution in [0.1, 0.15) is 18.4 Å². The maximum absolute atomic E-state index is 6.01. The summed E-state index contributed by atoms with van der Waals surface area (Å²) in [6, 6.07) is 6.06. The van der Waals surface area contributed by atoms with Crippen LogP contribution in [0.3, 0.4) is 0 Å². The molecule has 1 fully saturated rings. The molecule has 0 bridgehead atoms. The van der Waals surface area contributed by atoms with Crippen LogP contribution in [0.2, 0.25) is 0 Å². The van der Waals surface area contributed by atoms with Crippen LogP contribution < -0.4 is 4.74 Å². The van der Waals surface area contributed by atoms with Crippen molar-refractivity contribution >= 4 is 34.6 Å². The van der Waals surface area contributed by atoms with Crippen molar-refractivity contribution in [1.29, 1.82) is 0 Å². The lowest BCUT2D eigenvalue weighted by molar-refractivity contribution is -0.0338. The lowest BCUT2D eigenvalue weighted by Gasteiger charge is -2.33. The number of hydrogen-bond acceptors (Lipinski definition) is 3. The topological polar surface area (TPSA) is 18.5 Å². The third kappa shape index (κ3) is 2.60. The summed E-state index contributed by atoms with van der Waals surface area (Å²) in [5, 5.41) is 0.423. The van der Waals surface area contributed by atoms with Crippen molar-refractivity contribution in [2.24, 2.45) is 0 Å². The van der Waals surface area contributed by atoms with Crippen molar-refractivity contribution in [2.45, 2.75) is 30.3 Å². The quantitative estimate of drug-likeness (QED) is 0.793. The summed E-state index contributed by atoms with van der Waals surface area (Å²) < 4.78 is 12.9. The average molecular weight is 327 g/mol. The van der Waals surface area contributed by atoms with Gasteiger partial charge in [-0.15, -0.1) is 0 Å². The molecule has 3 unspecified atom stereocenters. The van der Waals surface area contributed by atoms with Crippen molar-refractivity contribution in [2.75, 3.05) is 6.61 Å². The van der Waals surface area contributed by atoms with E-state index >= 15 is 0 Å². The summed E-state index contributed by atoms with van der Waals surface area (Å²) in [6.07, 6.45) is 6.30. The van der Waals surface area contributed by atoms with Crippen LogP contribution in [0, 0.1) is 0 Å². The molecule has 0 aromatic heterocycles. The third-order valence-electron chi connectivity index (χ3n) is 3.35. The number of hydrogen-bond donors (Lipinski definition) is 1. The van der Waals surface area contributed by atoms with E-state index < -0.39 is 0 Å². The molecule has 4 heteroatoms. The molecule has 2 nitrogen and oxygen atoms in total. The monoisotopic (exact) mass is 326 g/mol. The van der Waals surface area contributed by atoms with Gasteiger partial charge in [0.1, 0.15) is 11.9 Å². The Hall–Kier alpha value is -0.450. The molecule has 1 saturated heterocycles. The third-order valence-corrected chi connectivity index (χ3v) is 4.32. The van der Waals surface area contributed by atoms with Gasteiger partial charge in [-0.3, -0.25) is 0 Å². The second kappa shape index (κ2) is 5.27. The van der Waals surface area contributed by atoms with Gasteiger partial charge in [0.15, 0.2) is 0 Å².